The van der Waals surface area contributed by atoms with Crippen LogP contribution in [0.2, 0.25) is 0 Å². The normalized spacial score (nSPS) is 17.6. The van der Waals surface area contributed by atoms with Gasteiger partial charge in [-0.25, -0.2) is 4.98 Å². The third-order valence-electron chi connectivity index (χ3n) is 5.63. The Morgan fingerprint density at radius 3 is 2.61 bits per heavy atom. The predicted octanol–water partition coefficient (Wildman–Crippen LogP) is 2.45. The zero-order valence-electron chi connectivity index (χ0n) is 16.4. The van der Waals surface area contributed by atoms with Crippen molar-refractivity contribution in [3.05, 3.63) is 47.5 Å². The molecule has 0 spiro atoms. The summed E-state index contributed by atoms with van der Waals surface area (Å²) in [6, 6.07) is 11.5. The molecule has 1 aromatic heterocycles. The molecule has 2 fully saturated rings. The van der Waals surface area contributed by atoms with E-state index in [1.165, 1.54) is 12.8 Å². The second-order valence-corrected chi connectivity index (χ2v) is 7.83. The first-order valence-corrected chi connectivity index (χ1v) is 10.1. The summed E-state index contributed by atoms with van der Waals surface area (Å²) in [5, 5.41) is 13.1. The van der Waals surface area contributed by atoms with Crippen LogP contribution in [0.15, 0.2) is 36.4 Å². The molecule has 28 heavy (non-hydrogen) atoms. The monoisotopic (exact) mass is 380 g/mol. The number of anilines is 1. The maximum atomic E-state index is 13.1. The van der Waals surface area contributed by atoms with Gasteiger partial charge in [-0.2, -0.15) is 0 Å². The number of aromatic nitrogens is 1. The molecule has 6 nitrogen and oxygen atoms in total. The van der Waals surface area contributed by atoms with Crippen LogP contribution >= 0.6 is 0 Å². The van der Waals surface area contributed by atoms with Crippen LogP contribution < -0.4 is 5.32 Å². The molecule has 148 valence electrons. The Balaban J connectivity index is 1.64. The van der Waals surface area contributed by atoms with Crippen molar-refractivity contribution in [3.8, 4) is 11.3 Å². The van der Waals surface area contributed by atoms with Crippen molar-refractivity contribution in [2.45, 2.75) is 19.4 Å². The van der Waals surface area contributed by atoms with Gasteiger partial charge in [-0.1, -0.05) is 24.3 Å². The lowest BCUT2D eigenvalue weighted by atomic mass is 10.0. The van der Waals surface area contributed by atoms with Crippen molar-refractivity contribution in [2.75, 3.05) is 45.1 Å². The minimum absolute atomic E-state index is 0.0370. The van der Waals surface area contributed by atoms with E-state index in [4.69, 9.17) is 4.98 Å². The zero-order valence-corrected chi connectivity index (χ0v) is 16.4. The van der Waals surface area contributed by atoms with Gasteiger partial charge in [0.1, 0.15) is 5.82 Å². The number of nitrogens with one attached hydrogen (secondary N) is 1. The van der Waals surface area contributed by atoms with Gasteiger partial charge >= 0.3 is 0 Å². The van der Waals surface area contributed by atoms with E-state index in [2.05, 4.69) is 17.3 Å². The number of amides is 1. The molecule has 1 aliphatic heterocycles. The van der Waals surface area contributed by atoms with E-state index in [0.717, 1.165) is 49.5 Å². The summed E-state index contributed by atoms with van der Waals surface area (Å²) in [5.41, 5.74) is 3.15. The molecule has 1 aliphatic carbocycles. The summed E-state index contributed by atoms with van der Waals surface area (Å²) in [6.45, 7) is 4.09. The topological polar surface area (TPSA) is 68.7 Å². The minimum atomic E-state index is -0.0370. The Morgan fingerprint density at radius 1 is 1.14 bits per heavy atom. The second kappa shape index (κ2) is 8.29. The Kier molecular flexibility index (Phi) is 5.59. The van der Waals surface area contributed by atoms with Crippen LogP contribution in [0.5, 0.6) is 0 Å². The van der Waals surface area contributed by atoms with Crippen LogP contribution in [-0.2, 0) is 6.61 Å². The van der Waals surface area contributed by atoms with E-state index >= 15 is 0 Å². The highest BCUT2D eigenvalue weighted by Gasteiger charge is 2.26. The summed E-state index contributed by atoms with van der Waals surface area (Å²) in [4.78, 5) is 22.1. The minimum Gasteiger partial charge on any atom is -0.392 e. The summed E-state index contributed by atoms with van der Waals surface area (Å²) in [7, 11) is 2.08. The van der Waals surface area contributed by atoms with E-state index in [-0.39, 0.29) is 12.5 Å². The maximum absolute atomic E-state index is 13.1. The summed E-state index contributed by atoms with van der Waals surface area (Å²) < 4.78 is 0. The van der Waals surface area contributed by atoms with E-state index in [1.54, 1.807) is 0 Å². The van der Waals surface area contributed by atoms with Crippen LogP contribution in [-0.4, -0.2) is 65.6 Å². The standard InChI is InChI=1S/C22H28N4O2/c1-25-10-12-26(13-11-25)22(28)19-8-9-20(18-5-3-2-4-17(18)15-27)24-21(19)23-14-16-6-7-16/h2-5,8-9,16,27H,6-7,10-15H2,1H3,(H,23,24). The quantitative estimate of drug-likeness (QED) is 0.806. The van der Waals surface area contributed by atoms with Gasteiger partial charge < -0.3 is 20.2 Å². The molecule has 1 saturated carbocycles. The highest BCUT2D eigenvalue weighted by atomic mass is 16.3. The van der Waals surface area contributed by atoms with Crippen molar-refractivity contribution in [3.63, 3.8) is 0 Å². The van der Waals surface area contributed by atoms with Gasteiger partial charge in [-0.05, 0) is 43.5 Å². The second-order valence-electron chi connectivity index (χ2n) is 7.83. The molecule has 0 radical (unpaired) electrons. The van der Waals surface area contributed by atoms with Crippen LogP contribution in [0.4, 0.5) is 5.82 Å². The van der Waals surface area contributed by atoms with Crippen LogP contribution in [0.3, 0.4) is 0 Å². The number of benzene rings is 1. The van der Waals surface area contributed by atoms with Crippen LogP contribution in [0, 0.1) is 5.92 Å². The molecule has 4 rings (SSSR count). The molecule has 0 atom stereocenters. The van der Waals surface area contributed by atoms with Gasteiger partial charge in [-0.3, -0.25) is 4.79 Å². The third kappa shape index (κ3) is 4.18. The Labute approximate surface area is 166 Å². The molecule has 0 bridgehead atoms. The number of hydrogen-bond donors (Lipinski definition) is 2. The first kappa shape index (κ1) is 18.9. The molecule has 2 aliphatic rings. The van der Waals surface area contributed by atoms with E-state index in [1.807, 2.05) is 41.3 Å². The molecule has 1 saturated heterocycles. The molecule has 1 aromatic carbocycles. The fraction of sp³-hybridized carbons (Fsp3) is 0.455. The third-order valence-corrected chi connectivity index (χ3v) is 5.63. The largest absolute Gasteiger partial charge is 0.392 e. The van der Waals surface area contributed by atoms with E-state index in [9.17, 15) is 9.90 Å². The first-order chi connectivity index (χ1) is 13.7. The van der Waals surface area contributed by atoms with Crippen molar-refractivity contribution in [1.82, 2.24) is 14.8 Å². The molecular formula is C22H28N4O2. The number of carbonyl (C=O) groups excluding carboxylic acids is 1. The number of nitrogens with zero attached hydrogens (tertiary/aromatic N) is 3. The highest BCUT2D eigenvalue weighted by Crippen LogP contribution is 2.30. The Hall–Kier alpha value is -2.44. The lowest BCUT2D eigenvalue weighted by Crippen LogP contribution is -2.47. The highest BCUT2D eigenvalue weighted by molar-refractivity contribution is 5.99. The van der Waals surface area contributed by atoms with Crippen molar-refractivity contribution < 1.29 is 9.90 Å². The molecular weight excluding hydrogens is 352 g/mol. The van der Waals surface area contributed by atoms with Crippen LogP contribution in [0.1, 0.15) is 28.8 Å². The molecule has 2 heterocycles. The van der Waals surface area contributed by atoms with Gasteiger partial charge in [-0.15, -0.1) is 0 Å². The number of carbonyl (C=O) groups is 1. The smallest absolute Gasteiger partial charge is 0.257 e. The Morgan fingerprint density at radius 2 is 1.89 bits per heavy atom. The molecule has 1 amide bonds. The summed E-state index contributed by atoms with van der Waals surface area (Å²) in [6.07, 6.45) is 2.48. The molecule has 0 unspecified atom stereocenters. The fourth-order valence-corrected chi connectivity index (χ4v) is 3.57. The lowest BCUT2D eigenvalue weighted by molar-refractivity contribution is 0.0664. The number of piperazine rings is 1. The average Bonchev–Trinajstić information content (AvgIpc) is 3.56. The van der Waals surface area contributed by atoms with Crippen molar-refractivity contribution in [1.29, 1.82) is 0 Å². The van der Waals surface area contributed by atoms with E-state index < -0.39 is 0 Å². The predicted molar refractivity (Wildman–Crippen MR) is 110 cm³/mol. The summed E-state index contributed by atoms with van der Waals surface area (Å²) in [5.74, 6) is 1.38. The number of aliphatic hydroxyl groups is 1. The van der Waals surface area contributed by atoms with Gasteiger partial charge in [0, 0.05) is 38.3 Å². The lowest BCUT2D eigenvalue weighted by Gasteiger charge is -2.32. The number of rotatable bonds is 6. The number of pyridine rings is 1. The fourth-order valence-electron chi connectivity index (χ4n) is 3.57. The van der Waals surface area contributed by atoms with Gasteiger partial charge in [0.05, 0.1) is 17.9 Å². The molecule has 2 aromatic rings. The number of hydrogen-bond acceptors (Lipinski definition) is 5. The average molecular weight is 380 g/mol. The SMILES string of the molecule is CN1CCN(C(=O)c2ccc(-c3ccccc3CO)nc2NCC2CC2)CC1. The van der Waals surface area contributed by atoms with Crippen LogP contribution in [0.25, 0.3) is 11.3 Å². The van der Waals surface area contributed by atoms with Gasteiger partial charge in [0.15, 0.2) is 0 Å². The molecule has 2 N–H and O–H groups in total. The maximum Gasteiger partial charge on any atom is 0.257 e. The zero-order chi connectivity index (χ0) is 19.5. The van der Waals surface area contributed by atoms with Crippen molar-refractivity contribution >= 4 is 11.7 Å². The number of aliphatic hydroxyl groups excluding tert-OH is 1. The Bertz CT molecular complexity index is 842. The van der Waals surface area contributed by atoms with Crippen molar-refractivity contribution in [2.24, 2.45) is 5.92 Å². The first-order valence-electron chi connectivity index (χ1n) is 10.1. The number of likely N-dealkylation sites (N-methyl/N-ethyl adjacent to an activating group) is 1. The van der Waals surface area contributed by atoms with Gasteiger partial charge in [0.2, 0.25) is 0 Å². The summed E-state index contributed by atoms with van der Waals surface area (Å²) >= 11 is 0. The molecule has 6 heteroatoms. The van der Waals surface area contributed by atoms with E-state index in [0.29, 0.717) is 17.3 Å². The van der Waals surface area contributed by atoms with Gasteiger partial charge in [0.25, 0.3) is 5.91 Å².